The van der Waals surface area contributed by atoms with Gasteiger partial charge in [0.05, 0.1) is 16.3 Å². The molecule has 0 saturated carbocycles. The minimum atomic E-state index is -0.406. The van der Waals surface area contributed by atoms with E-state index in [4.69, 9.17) is 17.3 Å². The second-order valence-electron chi connectivity index (χ2n) is 3.85. The first-order valence-corrected chi connectivity index (χ1v) is 6.78. The summed E-state index contributed by atoms with van der Waals surface area (Å²) in [6.07, 6.45) is 0. The number of phenols is 1. The molecule has 0 aliphatic heterocycles. The minimum Gasteiger partial charge on any atom is -0.507 e. The van der Waals surface area contributed by atoms with E-state index < -0.39 is 5.91 Å². The van der Waals surface area contributed by atoms with Gasteiger partial charge in [-0.15, -0.1) is 0 Å². The molecule has 0 fully saturated rings. The largest absolute Gasteiger partial charge is 0.507 e. The van der Waals surface area contributed by atoms with Gasteiger partial charge in [0.1, 0.15) is 5.75 Å². The molecule has 4 N–H and O–H groups in total. The van der Waals surface area contributed by atoms with Gasteiger partial charge in [0, 0.05) is 9.26 Å². The third-order valence-corrected chi connectivity index (χ3v) is 3.46. The maximum atomic E-state index is 12.0. The van der Waals surface area contributed by atoms with Gasteiger partial charge in [-0.1, -0.05) is 11.6 Å². The van der Waals surface area contributed by atoms with Crippen molar-refractivity contribution in [3.8, 4) is 5.75 Å². The van der Waals surface area contributed by atoms with Crippen LogP contribution in [-0.2, 0) is 0 Å². The number of amides is 1. The number of halogens is 2. The number of aromatic hydroxyl groups is 1. The molecule has 4 nitrogen and oxygen atoms in total. The molecule has 0 atom stereocenters. The smallest absolute Gasteiger partial charge is 0.259 e. The maximum Gasteiger partial charge on any atom is 0.259 e. The fraction of sp³-hybridized carbons (Fsp3) is 0. The highest BCUT2D eigenvalue weighted by Gasteiger charge is 2.12. The van der Waals surface area contributed by atoms with Crippen LogP contribution in [0.1, 0.15) is 10.4 Å². The lowest BCUT2D eigenvalue weighted by Crippen LogP contribution is -2.12. The van der Waals surface area contributed by atoms with Gasteiger partial charge in [0.25, 0.3) is 5.91 Å². The number of nitrogen functional groups attached to an aromatic ring is 1. The lowest BCUT2D eigenvalue weighted by molar-refractivity contribution is 0.102. The Morgan fingerprint density at radius 3 is 2.68 bits per heavy atom. The molecule has 0 heterocycles. The average Bonchev–Trinajstić information content (AvgIpc) is 2.36. The van der Waals surface area contributed by atoms with Crippen LogP contribution in [0.4, 0.5) is 11.4 Å². The summed E-state index contributed by atoms with van der Waals surface area (Å²) in [7, 11) is 0. The first kappa shape index (κ1) is 14.0. The van der Waals surface area contributed by atoms with E-state index in [0.29, 0.717) is 16.4 Å². The zero-order valence-corrected chi connectivity index (χ0v) is 12.6. The van der Waals surface area contributed by atoms with Gasteiger partial charge >= 0.3 is 0 Å². The second-order valence-corrected chi connectivity index (χ2v) is 5.50. The highest BCUT2D eigenvalue weighted by molar-refractivity contribution is 14.1. The molecule has 2 aromatic rings. The van der Waals surface area contributed by atoms with Gasteiger partial charge in [0.2, 0.25) is 0 Å². The van der Waals surface area contributed by atoms with Gasteiger partial charge < -0.3 is 16.2 Å². The average molecular weight is 389 g/mol. The molecule has 0 spiro atoms. The number of carbonyl (C=O) groups is 1. The molecule has 0 saturated heterocycles. The molecule has 0 aromatic heterocycles. The summed E-state index contributed by atoms with van der Waals surface area (Å²) in [6.45, 7) is 0. The summed E-state index contributed by atoms with van der Waals surface area (Å²) >= 11 is 7.94. The quantitative estimate of drug-likeness (QED) is 0.544. The standard InChI is InChI=1S/C13H10ClIN2O2/c14-10-6-8(2-3-11(10)16)17-13(19)9-5-7(15)1-4-12(9)18/h1-6,18H,16H2,(H,17,19). The number of carbonyl (C=O) groups excluding carboxylic acids is 1. The lowest BCUT2D eigenvalue weighted by atomic mass is 10.2. The molecular weight excluding hydrogens is 379 g/mol. The van der Waals surface area contributed by atoms with Crippen molar-refractivity contribution >= 4 is 51.5 Å². The summed E-state index contributed by atoms with van der Waals surface area (Å²) in [5.74, 6) is -0.476. The normalized spacial score (nSPS) is 10.2. The molecule has 0 aliphatic rings. The van der Waals surface area contributed by atoms with Crippen LogP contribution in [0, 0.1) is 3.57 Å². The number of hydrogen-bond donors (Lipinski definition) is 3. The number of benzene rings is 2. The summed E-state index contributed by atoms with van der Waals surface area (Å²) in [4.78, 5) is 12.0. The van der Waals surface area contributed by atoms with Crippen LogP contribution in [-0.4, -0.2) is 11.0 Å². The summed E-state index contributed by atoms with van der Waals surface area (Å²) in [5, 5.41) is 12.7. The number of nitrogens with two attached hydrogens (primary N) is 1. The summed E-state index contributed by atoms with van der Waals surface area (Å²) < 4.78 is 0.857. The Kier molecular flexibility index (Phi) is 4.16. The number of nitrogens with one attached hydrogen (secondary N) is 1. The minimum absolute atomic E-state index is 0.0699. The molecule has 2 aromatic carbocycles. The molecular formula is C13H10ClIN2O2. The van der Waals surface area contributed by atoms with Crippen LogP contribution < -0.4 is 11.1 Å². The lowest BCUT2D eigenvalue weighted by Gasteiger charge is -2.08. The van der Waals surface area contributed by atoms with E-state index in [1.807, 2.05) is 0 Å². The van der Waals surface area contributed by atoms with E-state index in [2.05, 4.69) is 27.9 Å². The SMILES string of the molecule is Nc1ccc(NC(=O)c2cc(I)ccc2O)cc1Cl. The van der Waals surface area contributed by atoms with Crippen LogP contribution in [0.2, 0.25) is 5.02 Å². The topological polar surface area (TPSA) is 75.3 Å². The summed E-state index contributed by atoms with van der Waals surface area (Å²) in [5.41, 5.74) is 6.75. The highest BCUT2D eigenvalue weighted by Crippen LogP contribution is 2.25. The zero-order chi connectivity index (χ0) is 14.0. The highest BCUT2D eigenvalue weighted by atomic mass is 127. The van der Waals surface area contributed by atoms with Crippen LogP contribution in [0.25, 0.3) is 0 Å². The van der Waals surface area contributed by atoms with Crippen molar-refractivity contribution in [2.75, 3.05) is 11.1 Å². The fourth-order valence-electron chi connectivity index (χ4n) is 1.49. The van der Waals surface area contributed by atoms with Gasteiger partial charge in [-0.3, -0.25) is 4.79 Å². The molecule has 19 heavy (non-hydrogen) atoms. The molecule has 0 unspecified atom stereocenters. The van der Waals surface area contributed by atoms with Crippen LogP contribution >= 0.6 is 34.2 Å². The van der Waals surface area contributed by atoms with Gasteiger partial charge in [0.15, 0.2) is 0 Å². The second kappa shape index (κ2) is 5.66. The van der Waals surface area contributed by atoms with Crippen LogP contribution in [0.15, 0.2) is 36.4 Å². The Bertz CT molecular complexity index is 647. The van der Waals surface area contributed by atoms with E-state index in [9.17, 15) is 9.90 Å². The Balaban J connectivity index is 2.25. The fourth-order valence-corrected chi connectivity index (χ4v) is 2.17. The van der Waals surface area contributed by atoms with Crippen molar-refractivity contribution in [1.82, 2.24) is 0 Å². The molecule has 0 radical (unpaired) electrons. The maximum absolute atomic E-state index is 12.0. The molecule has 0 aliphatic carbocycles. The Labute approximate surface area is 128 Å². The Morgan fingerprint density at radius 1 is 1.26 bits per heavy atom. The van der Waals surface area contributed by atoms with Crippen molar-refractivity contribution in [1.29, 1.82) is 0 Å². The van der Waals surface area contributed by atoms with E-state index >= 15 is 0 Å². The predicted octanol–water partition coefficient (Wildman–Crippen LogP) is 3.48. The Morgan fingerprint density at radius 2 is 2.00 bits per heavy atom. The van der Waals surface area contributed by atoms with E-state index in [-0.39, 0.29) is 11.3 Å². The number of anilines is 2. The van der Waals surface area contributed by atoms with Crippen molar-refractivity contribution in [3.63, 3.8) is 0 Å². The third-order valence-electron chi connectivity index (χ3n) is 2.46. The molecule has 1 amide bonds. The first-order valence-electron chi connectivity index (χ1n) is 5.32. The summed E-state index contributed by atoms with van der Waals surface area (Å²) in [6, 6.07) is 9.60. The van der Waals surface area contributed by atoms with Gasteiger partial charge in [-0.25, -0.2) is 0 Å². The monoisotopic (exact) mass is 388 g/mol. The first-order chi connectivity index (χ1) is 8.97. The molecule has 0 bridgehead atoms. The van der Waals surface area contributed by atoms with Crippen molar-refractivity contribution in [3.05, 3.63) is 50.6 Å². The zero-order valence-electron chi connectivity index (χ0n) is 9.65. The van der Waals surface area contributed by atoms with E-state index in [1.165, 1.54) is 6.07 Å². The van der Waals surface area contributed by atoms with Crippen molar-refractivity contribution in [2.24, 2.45) is 0 Å². The van der Waals surface area contributed by atoms with Crippen molar-refractivity contribution in [2.45, 2.75) is 0 Å². The van der Waals surface area contributed by atoms with Crippen LogP contribution in [0.3, 0.4) is 0 Å². The van der Waals surface area contributed by atoms with Crippen molar-refractivity contribution < 1.29 is 9.90 Å². The van der Waals surface area contributed by atoms with E-state index in [0.717, 1.165) is 3.57 Å². The van der Waals surface area contributed by atoms with Crippen LogP contribution in [0.5, 0.6) is 5.75 Å². The van der Waals surface area contributed by atoms with Gasteiger partial charge in [-0.2, -0.15) is 0 Å². The number of rotatable bonds is 2. The molecule has 2 rings (SSSR count). The molecule has 6 heteroatoms. The number of hydrogen-bond acceptors (Lipinski definition) is 3. The molecule has 98 valence electrons. The van der Waals surface area contributed by atoms with Gasteiger partial charge in [-0.05, 0) is 59.0 Å². The third kappa shape index (κ3) is 3.30. The number of phenolic OH excluding ortho intramolecular Hbond substituents is 1. The predicted molar refractivity (Wildman–Crippen MR) is 84.6 cm³/mol. The van der Waals surface area contributed by atoms with E-state index in [1.54, 1.807) is 30.3 Å². The Hall–Kier alpha value is -1.47.